The molecular weight excluding hydrogens is 657 g/mol. The number of aliphatic hydroxyl groups excluding tert-OH is 1. The lowest BCUT2D eigenvalue weighted by Gasteiger charge is -2.43. The van der Waals surface area contributed by atoms with Crippen molar-refractivity contribution in [3.8, 4) is 0 Å². The van der Waals surface area contributed by atoms with E-state index in [4.69, 9.17) is 9.47 Å². The number of benzene rings is 5. The molecule has 1 aliphatic heterocycles. The third kappa shape index (κ3) is 8.85. The number of ether oxygens (including phenoxy) is 2. The predicted octanol–water partition coefficient (Wildman–Crippen LogP) is 7.35. The molecule has 1 heterocycles. The summed E-state index contributed by atoms with van der Waals surface area (Å²) in [6, 6.07) is 41.7. The summed E-state index contributed by atoms with van der Waals surface area (Å²) in [5.41, 5.74) is 5.23. The Bertz CT molecular complexity index is 1920. The highest BCUT2D eigenvalue weighted by Crippen LogP contribution is 2.48. The average Bonchev–Trinajstić information content (AvgIpc) is 3.14. The zero-order valence-electron chi connectivity index (χ0n) is 26.9. The third-order valence-electron chi connectivity index (χ3n) is 8.33. The molecule has 1 aliphatic rings. The Morgan fingerprint density at radius 2 is 1.35 bits per heavy atom. The number of anilines is 1. The van der Waals surface area contributed by atoms with Crippen LogP contribution in [0.1, 0.15) is 53.1 Å². The van der Waals surface area contributed by atoms with Gasteiger partial charge in [-0.2, -0.15) is 0 Å². The first-order valence-corrected chi connectivity index (χ1v) is 18.5. The van der Waals surface area contributed by atoms with Crippen LogP contribution in [0.3, 0.4) is 0 Å². The number of carbonyl (C=O) groups is 1. The first kappa shape index (κ1) is 34.6. The minimum atomic E-state index is -3.64. The number of hydrogen-bond donors (Lipinski definition) is 3. The maximum Gasteiger partial charge on any atom is 0.240 e. The molecule has 1 unspecified atom stereocenters. The van der Waals surface area contributed by atoms with E-state index in [1.165, 1.54) is 6.92 Å². The minimum Gasteiger partial charge on any atom is -0.392 e. The monoisotopic (exact) mass is 694 g/mol. The Morgan fingerprint density at radius 1 is 0.735 bits per heavy atom. The van der Waals surface area contributed by atoms with Crippen molar-refractivity contribution in [1.29, 1.82) is 0 Å². The van der Waals surface area contributed by atoms with E-state index in [0.717, 1.165) is 38.4 Å². The van der Waals surface area contributed by atoms with Gasteiger partial charge in [0.05, 0.1) is 23.7 Å². The van der Waals surface area contributed by atoms with Gasteiger partial charge in [0.1, 0.15) is 0 Å². The molecule has 1 fully saturated rings. The number of carbonyl (C=O) groups excluding carboxylic acids is 1. The molecule has 49 heavy (non-hydrogen) atoms. The van der Waals surface area contributed by atoms with Crippen LogP contribution < -0.4 is 10.0 Å². The normalized spacial score (nSPS) is 19.3. The molecule has 5 aromatic rings. The number of rotatable bonds is 12. The van der Waals surface area contributed by atoms with Crippen molar-refractivity contribution in [2.75, 3.05) is 11.1 Å². The van der Waals surface area contributed by atoms with Crippen LogP contribution in [0.5, 0.6) is 0 Å². The second-order valence-electron chi connectivity index (χ2n) is 11.8. The van der Waals surface area contributed by atoms with Crippen molar-refractivity contribution in [1.82, 2.24) is 4.72 Å². The third-order valence-corrected chi connectivity index (χ3v) is 10.8. The van der Waals surface area contributed by atoms with Gasteiger partial charge in [0.25, 0.3) is 0 Å². The van der Waals surface area contributed by atoms with Gasteiger partial charge in [0.2, 0.25) is 15.9 Å². The van der Waals surface area contributed by atoms with Gasteiger partial charge >= 0.3 is 0 Å². The molecule has 0 saturated carbocycles. The number of nitrogens with one attached hydrogen (secondary N) is 2. The van der Waals surface area contributed by atoms with Crippen LogP contribution in [0.4, 0.5) is 5.69 Å². The summed E-state index contributed by atoms with van der Waals surface area (Å²) in [4.78, 5) is 12.7. The molecule has 8 nitrogen and oxygen atoms in total. The number of amides is 1. The van der Waals surface area contributed by atoms with Crippen LogP contribution in [0.15, 0.2) is 143 Å². The second-order valence-corrected chi connectivity index (χ2v) is 14.7. The van der Waals surface area contributed by atoms with Gasteiger partial charge < -0.3 is 19.9 Å². The standard InChI is InChI=1S/C39H38N2O6S2/c1-27(43)41-33-20-22-34(23-21-33)48-26-36-37(30-8-4-2-5-9-30)38(31-16-14-29(25-42)15-17-31)47-39(46-36)32-18-12-28(13-19-32)24-40-49(44,45)35-10-6-3-7-11-35/h2-23,36-40,42H,24-26H2,1H3,(H,41,43)/t36-,37-,38+,39?/m1/s1. The van der Waals surface area contributed by atoms with Crippen molar-refractivity contribution < 1.29 is 27.8 Å². The zero-order valence-corrected chi connectivity index (χ0v) is 28.6. The molecule has 0 bridgehead atoms. The van der Waals surface area contributed by atoms with E-state index in [-0.39, 0.29) is 42.1 Å². The largest absolute Gasteiger partial charge is 0.392 e. The molecule has 6 rings (SSSR count). The smallest absolute Gasteiger partial charge is 0.240 e. The van der Waals surface area contributed by atoms with E-state index in [0.29, 0.717) is 5.75 Å². The highest BCUT2D eigenvalue weighted by Gasteiger charge is 2.41. The Hall–Kier alpha value is -4.29. The first-order valence-electron chi connectivity index (χ1n) is 16.0. The van der Waals surface area contributed by atoms with Gasteiger partial charge in [-0.15, -0.1) is 11.8 Å². The van der Waals surface area contributed by atoms with Gasteiger partial charge in [-0.3, -0.25) is 4.79 Å². The Kier molecular flexibility index (Phi) is 11.3. The summed E-state index contributed by atoms with van der Waals surface area (Å²) >= 11 is 1.67. The maximum absolute atomic E-state index is 12.8. The number of aliphatic hydroxyl groups is 1. The fraction of sp³-hybridized carbons (Fsp3) is 0.205. The summed E-state index contributed by atoms with van der Waals surface area (Å²) in [5, 5.41) is 12.5. The Balaban J connectivity index is 1.27. The lowest BCUT2D eigenvalue weighted by molar-refractivity contribution is -0.255. The van der Waals surface area contributed by atoms with Crippen LogP contribution in [0.2, 0.25) is 0 Å². The van der Waals surface area contributed by atoms with Crippen molar-refractivity contribution in [2.45, 2.75) is 54.3 Å². The first-order chi connectivity index (χ1) is 23.8. The Labute approximate surface area is 291 Å². The molecule has 0 aromatic heterocycles. The molecule has 1 saturated heterocycles. The molecular formula is C39H38N2O6S2. The van der Waals surface area contributed by atoms with Gasteiger partial charge in [0, 0.05) is 41.3 Å². The molecule has 4 atom stereocenters. The van der Waals surface area contributed by atoms with Gasteiger partial charge in [-0.25, -0.2) is 13.1 Å². The topological polar surface area (TPSA) is 114 Å². The number of thioether (sulfide) groups is 1. The second kappa shape index (κ2) is 15.9. The van der Waals surface area contributed by atoms with Crippen molar-refractivity contribution >= 4 is 33.4 Å². The molecule has 3 N–H and O–H groups in total. The number of sulfonamides is 1. The van der Waals surface area contributed by atoms with E-state index in [2.05, 4.69) is 22.2 Å². The maximum atomic E-state index is 12.8. The van der Waals surface area contributed by atoms with E-state index in [9.17, 15) is 18.3 Å². The van der Waals surface area contributed by atoms with Crippen LogP contribution >= 0.6 is 11.8 Å². The fourth-order valence-electron chi connectivity index (χ4n) is 5.82. The summed E-state index contributed by atoms with van der Waals surface area (Å²) in [6.45, 7) is 1.58. The van der Waals surface area contributed by atoms with Gasteiger partial charge in [-0.1, -0.05) is 97.1 Å². The summed E-state index contributed by atoms with van der Waals surface area (Å²) in [7, 11) is -3.64. The predicted molar refractivity (Wildman–Crippen MR) is 191 cm³/mol. The Morgan fingerprint density at radius 3 is 1.98 bits per heavy atom. The van der Waals surface area contributed by atoms with Crippen molar-refractivity contribution in [2.24, 2.45) is 0 Å². The van der Waals surface area contributed by atoms with Crippen LogP contribution in [0.25, 0.3) is 0 Å². The SMILES string of the molecule is CC(=O)Nc1ccc(SC[C@H]2OC(c3ccc(CNS(=O)(=O)c4ccccc4)cc3)O[C@@H](c3ccc(CO)cc3)[C@@H]2c2ccccc2)cc1. The highest BCUT2D eigenvalue weighted by molar-refractivity contribution is 7.99. The van der Waals surface area contributed by atoms with E-state index in [1.54, 1.807) is 42.1 Å². The summed E-state index contributed by atoms with van der Waals surface area (Å²) in [5.74, 6) is 0.367. The summed E-state index contributed by atoms with van der Waals surface area (Å²) in [6.07, 6.45) is -1.31. The van der Waals surface area contributed by atoms with Crippen molar-refractivity contribution in [3.63, 3.8) is 0 Å². The lowest BCUT2D eigenvalue weighted by Crippen LogP contribution is -2.38. The number of hydrogen-bond acceptors (Lipinski definition) is 7. The minimum absolute atomic E-state index is 0.0481. The van der Waals surface area contributed by atoms with E-state index < -0.39 is 16.3 Å². The van der Waals surface area contributed by atoms with E-state index in [1.807, 2.05) is 91.0 Å². The van der Waals surface area contributed by atoms with Gasteiger partial charge in [0.15, 0.2) is 6.29 Å². The average molecular weight is 695 g/mol. The molecule has 0 radical (unpaired) electrons. The molecule has 5 aromatic carbocycles. The molecule has 1 amide bonds. The quantitative estimate of drug-likeness (QED) is 0.117. The molecule has 10 heteroatoms. The van der Waals surface area contributed by atoms with Crippen LogP contribution in [-0.2, 0) is 37.4 Å². The zero-order chi connectivity index (χ0) is 34.2. The summed E-state index contributed by atoms with van der Waals surface area (Å²) < 4.78 is 41.8. The van der Waals surface area contributed by atoms with Crippen LogP contribution in [0, 0.1) is 0 Å². The highest BCUT2D eigenvalue weighted by atomic mass is 32.2. The lowest BCUT2D eigenvalue weighted by atomic mass is 9.84. The molecule has 0 aliphatic carbocycles. The van der Waals surface area contributed by atoms with Gasteiger partial charge in [-0.05, 0) is 58.7 Å². The van der Waals surface area contributed by atoms with Crippen LogP contribution in [-0.4, -0.2) is 31.3 Å². The molecule has 0 spiro atoms. The van der Waals surface area contributed by atoms with E-state index >= 15 is 0 Å². The van der Waals surface area contributed by atoms with Crippen molar-refractivity contribution in [3.05, 3.63) is 161 Å². The molecule has 252 valence electrons. The fourth-order valence-corrected chi connectivity index (χ4v) is 7.83.